The predicted octanol–water partition coefficient (Wildman–Crippen LogP) is 3.38. The molecule has 0 amide bonds. The normalized spacial score (nSPS) is 12.9. The summed E-state index contributed by atoms with van der Waals surface area (Å²) in [7, 11) is 0. The van der Waals surface area contributed by atoms with Gasteiger partial charge in [-0.25, -0.2) is 4.98 Å². The lowest BCUT2D eigenvalue weighted by molar-refractivity contribution is 0.521. The highest BCUT2D eigenvalue weighted by Crippen LogP contribution is 2.21. The smallest absolute Gasteiger partial charge is 0.193 e. The van der Waals surface area contributed by atoms with Crippen molar-refractivity contribution in [2.45, 2.75) is 32.7 Å². The highest BCUT2D eigenvalue weighted by molar-refractivity contribution is 7.15. The van der Waals surface area contributed by atoms with E-state index >= 15 is 0 Å². The fourth-order valence-electron chi connectivity index (χ4n) is 2.56. The Hall–Kier alpha value is -1.72. The summed E-state index contributed by atoms with van der Waals surface area (Å²) in [4.78, 5) is 10.2. The number of rotatable bonds is 6. The lowest BCUT2D eigenvalue weighted by Crippen LogP contribution is -2.25. The summed E-state index contributed by atoms with van der Waals surface area (Å²) >= 11 is 1.67. The highest BCUT2D eigenvalue weighted by atomic mass is 32.1. The molecular formula is C16H20N4S. The maximum absolute atomic E-state index is 4.70. The first-order valence-corrected chi connectivity index (χ1v) is 8.22. The Kier molecular flexibility index (Phi) is 4.31. The number of thiazole rings is 1. The second kappa shape index (κ2) is 6.37. The van der Waals surface area contributed by atoms with Crippen molar-refractivity contribution in [1.82, 2.24) is 19.7 Å². The second-order valence-corrected chi connectivity index (χ2v) is 6.09. The molecule has 1 unspecified atom stereocenters. The SMILES string of the molecule is CCCNC(Cc1cn2ccsc2n1)c1cccnc1C. The summed E-state index contributed by atoms with van der Waals surface area (Å²) in [5.41, 5.74) is 3.48. The maximum atomic E-state index is 4.70. The number of aromatic nitrogens is 3. The molecule has 5 heteroatoms. The Labute approximate surface area is 128 Å². The summed E-state index contributed by atoms with van der Waals surface area (Å²) in [6, 6.07) is 4.44. The molecule has 0 aliphatic rings. The average molecular weight is 300 g/mol. The van der Waals surface area contributed by atoms with Crippen molar-refractivity contribution in [2.24, 2.45) is 0 Å². The number of nitrogens with one attached hydrogen (secondary N) is 1. The maximum Gasteiger partial charge on any atom is 0.193 e. The van der Waals surface area contributed by atoms with E-state index in [1.54, 1.807) is 11.3 Å². The quantitative estimate of drug-likeness (QED) is 0.759. The summed E-state index contributed by atoms with van der Waals surface area (Å²) in [5.74, 6) is 0. The summed E-state index contributed by atoms with van der Waals surface area (Å²) < 4.78 is 2.09. The van der Waals surface area contributed by atoms with E-state index in [1.807, 2.05) is 12.3 Å². The molecule has 3 rings (SSSR count). The molecule has 110 valence electrons. The van der Waals surface area contributed by atoms with Crippen LogP contribution < -0.4 is 5.32 Å². The number of nitrogens with zero attached hydrogens (tertiary/aromatic N) is 3. The largest absolute Gasteiger partial charge is 0.310 e. The van der Waals surface area contributed by atoms with Crippen LogP contribution in [0.5, 0.6) is 0 Å². The molecule has 3 heterocycles. The van der Waals surface area contributed by atoms with Crippen molar-refractivity contribution in [3.8, 4) is 0 Å². The Balaban J connectivity index is 1.85. The molecule has 0 aromatic carbocycles. The van der Waals surface area contributed by atoms with Gasteiger partial charge in [-0.2, -0.15) is 0 Å². The van der Waals surface area contributed by atoms with E-state index in [2.05, 4.69) is 52.4 Å². The molecule has 0 radical (unpaired) electrons. The molecule has 21 heavy (non-hydrogen) atoms. The molecule has 0 spiro atoms. The minimum Gasteiger partial charge on any atom is -0.310 e. The third-order valence-electron chi connectivity index (χ3n) is 3.62. The van der Waals surface area contributed by atoms with Gasteiger partial charge in [0.15, 0.2) is 4.96 Å². The van der Waals surface area contributed by atoms with Gasteiger partial charge in [0.2, 0.25) is 0 Å². The first-order chi connectivity index (χ1) is 10.3. The summed E-state index contributed by atoms with van der Waals surface area (Å²) in [6.07, 6.45) is 8.04. The molecule has 3 aromatic heterocycles. The van der Waals surface area contributed by atoms with E-state index in [0.717, 1.165) is 35.7 Å². The minimum atomic E-state index is 0.267. The van der Waals surface area contributed by atoms with Crippen molar-refractivity contribution in [3.05, 3.63) is 53.1 Å². The Morgan fingerprint density at radius 2 is 2.33 bits per heavy atom. The number of aryl methyl sites for hydroxylation is 1. The monoisotopic (exact) mass is 300 g/mol. The van der Waals surface area contributed by atoms with Gasteiger partial charge < -0.3 is 5.32 Å². The first kappa shape index (κ1) is 14.2. The lowest BCUT2D eigenvalue weighted by Gasteiger charge is -2.19. The van der Waals surface area contributed by atoms with E-state index in [-0.39, 0.29) is 6.04 Å². The van der Waals surface area contributed by atoms with Crippen molar-refractivity contribution >= 4 is 16.3 Å². The molecule has 0 fully saturated rings. The van der Waals surface area contributed by atoms with Crippen LogP contribution in [0.4, 0.5) is 0 Å². The van der Waals surface area contributed by atoms with E-state index in [0.29, 0.717) is 0 Å². The van der Waals surface area contributed by atoms with Crippen LogP contribution in [0.25, 0.3) is 4.96 Å². The van der Waals surface area contributed by atoms with E-state index in [1.165, 1.54) is 5.56 Å². The van der Waals surface area contributed by atoms with E-state index in [4.69, 9.17) is 4.98 Å². The molecular weight excluding hydrogens is 280 g/mol. The summed E-state index contributed by atoms with van der Waals surface area (Å²) in [6.45, 7) is 5.26. The number of pyridine rings is 1. The van der Waals surface area contributed by atoms with Crippen LogP contribution in [-0.2, 0) is 6.42 Å². The number of hydrogen-bond acceptors (Lipinski definition) is 4. The van der Waals surface area contributed by atoms with Crippen LogP contribution in [0.3, 0.4) is 0 Å². The van der Waals surface area contributed by atoms with Gasteiger partial charge in [0.25, 0.3) is 0 Å². The van der Waals surface area contributed by atoms with Crippen LogP contribution in [0.2, 0.25) is 0 Å². The van der Waals surface area contributed by atoms with E-state index < -0.39 is 0 Å². The lowest BCUT2D eigenvalue weighted by atomic mass is 10.0. The molecule has 1 atom stereocenters. The Morgan fingerprint density at radius 1 is 1.43 bits per heavy atom. The van der Waals surface area contributed by atoms with Gasteiger partial charge in [0.05, 0.1) is 5.69 Å². The predicted molar refractivity (Wildman–Crippen MR) is 86.8 cm³/mol. The fraction of sp³-hybridized carbons (Fsp3) is 0.375. The number of imidazole rings is 1. The summed E-state index contributed by atoms with van der Waals surface area (Å²) in [5, 5.41) is 5.69. The highest BCUT2D eigenvalue weighted by Gasteiger charge is 2.16. The standard InChI is InChI=1S/C16H20N4S/c1-3-6-18-15(14-5-4-7-17-12(14)2)10-13-11-20-8-9-21-16(20)19-13/h4-5,7-9,11,15,18H,3,6,10H2,1-2H3. The van der Waals surface area contributed by atoms with Crippen LogP contribution >= 0.6 is 11.3 Å². The zero-order valence-electron chi connectivity index (χ0n) is 12.4. The molecule has 0 bridgehead atoms. The van der Waals surface area contributed by atoms with Crippen molar-refractivity contribution < 1.29 is 0 Å². The third kappa shape index (κ3) is 3.14. The number of fused-ring (bicyclic) bond motifs is 1. The van der Waals surface area contributed by atoms with Gasteiger partial charge >= 0.3 is 0 Å². The average Bonchev–Trinajstić information content (AvgIpc) is 3.05. The molecule has 3 aromatic rings. The van der Waals surface area contributed by atoms with Crippen molar-refractivity contribution in [3.63, 3.8) is 0 Å². The second-order valence-electron chi connectivity index (χ2n) is 5.21. The molecule has 1 N–H and O–H groups in total. The zero-order chi connectivity index (χ0) is 14.7. The molecule has 0 aliphatic heterocycles. The first-order valence-electron chi connectivity index (χ1n) is 7.34. The van der Waals surface area contributed by atoms with Gasteiger partial charge in [-0.1, -0.05) is 13.0 Å². The van der Waals surface area contributed by atoms with Gasteiger partial charge in [0.1, 0.15) is 0 Å². The Morgan fingerprint density at radius 3 is 3.10 bits per heavy atom. The van der Waals surface area contributed by atoms with Crippen molar-refractivity contribution in [2.75, 3.05) is 6.54 Å². The zero-order valence-corrected chi connectivity index (χ0v) is 13.2. The topological polar surface area (TPSA) is 42.2 Å². The van der Waals surface area contributed by atoms with Gasteiger partial charge in [-0.3, -0.25) is 9.38 Å². The van der Waals surface area contributed by atoms with Crippen molar-refractivity contribution in [1.29, 1.82) is 0 Å². The number of hydrogen-bond donors (Lipinski definition) is 1. The molecule has 0 saturated heterocycles. The van der Waals surface area contributed by atoms with Gasteiger partial charge in [-0.05, 0) is 31.5 Å². The molecule has 4 nitrogen and oxygen atoms in total. The van der Waals surface area contributed by atoms with Crippen LogP contribution in [-0.4, -0.2) is 20.9 Å². The van der Waals surface area contributed by atoms with Crippen LogP contribution in [0, 0.1) is 6.92 Å². The van der Waals surface area contributed by atoms with Gasteiger partial charge in [-0.15, -0.1) is 11.3 Å². The van der Waals surface area contributed by atoms with E-state index in [9.17, 15) is 0 Å². The van der Waals surface area contributed by atoms with Crippen LogP contribution in [0.15, 0.2) is 36.1 Å². The Bertz CT molecular complexity index is 687. The minimum absolute atomic E-state index is 0.267. The third-order valence-corrected chi connectivity index (χ3v) is 4.39. The molecule has 0 aliphatic carbocycles. The van der Waals surface area contributed by atoms with Gasteiger partial charge in [0, 0.05) is 42.1 Å². The molecule has 0 saturated carbocycles. The van der Waals surface area contributed by atoms with Crippen LogP contribution in [0.1, 0.15) is 36.3 Å². The fourth-order valence-corrected chi connectivity index (χ4v) is 3.28.